The molecule has 54 valence electrons. The Labute approximate surface area is 95.6 Å². The molecule has 1 rings (SSSR count). The smallest absolute Gasteiger partial charge is 0.0461 e. The Morgan fingerprint density at radius 2 is 1.90 bits per heavy atom. The van der Waals surface area contributed by atoms with Crippen LogP contribution < -0.4 is 0 Å². The van der Waals surface area contributed by atoms with Crippen molar-refractivity contribution in [2.24, 2.45) is 0 Å². The van der Waals surface area contributed by atoms with Crippen LogP contribution in [0.15, 0.2) is 26.0 Å². The van der Waals surface area contributed by atoms with Gasteiger partial charge in [-0.25, -0.2) is 0 Å². The molecule has 0 spiro atoms. The van der Waals surface area contributed by atoms with E-state index in [1.165, 1.54) is 0 Å². The van der Waals surface area contributed by atoms with Crippen molar-refractivity contribution in [1.82, 2.24) is 0 Å². The van der Waals surface area contributed by atoms with E-state index in [9.17, 15) is 0 Å². The summed E-state index contributed by atoms with van der Waals surface area (Å²) < 4.78 is 3.21. The van der Waals surface area contributed by atoms with Gasteiger partial charge in [-0.2, -0.15) is 0 Å². The molecule has 0 aliphatic heterocycles. The molecule has 1 aromatic carbocycles. The molecule has 0 heterocycles. The summed E-state index contributed by atoms with van der Waals surface area (Å²) in [6, 6.07) is 4.00. The molecule has 4 heteroatoms. The first-order chi connectivity index (χ1) is 4.63. The Balaban J connectivity index is 3.34. The third kappa shape index (κ3) is 1.89. The zero-order valence-electron chi connectivity index (χ0n) is 4.74. The fraction of sp³-hybridized carbons (Fsp3) is 0. The van der Waals surface area contributed by atoms with Crippen molar-refractivity contribution in [3.05, 3.63) is 24.6 Å². The molecule has 0 unspecified atom stereocenters. The number of benzene rings is 1. The Bertz CT molecular complexity index is 235. The normalized spacial score (nSPS) is 10.0. The zero-order valence-corrected chi connectivity index (χ0v) is 11.0. The van der Waals surface area contributed by atoms with Gasteiger partial charge in [0.05, 0.1) is 0 Å². The molecule has 0 amide bonds. The average molecular weight is 394 g/mol. The Hall–Kier alpha value is 1.26. The minimum Gasteiger partial charge on any atom is -0.141 e. The van der Waals surface area contributed by atoms with E-state index in [2.05, 4.69) is 67.1 Å². The number of thiol groups is 1. The van der Waals surface area contributed by atoms with E-state index >= 15 is 0 Å². The minimum absolute atomic E-state index is 0.981. The third-order valence-corrected chi connectivity index (χ3v) is 5.13. The van der Waals surface area contributed by atoms with E-state index in [1.54, 1.807) is 0 Å². The Kier molecular flexibility index (Phi) is 3.53. The Morgan fingerprint density at radius 1 is 1.30 bits per heavy atom. The maximum absolute atomic E-state index is 4.30. The van der Waals surface area contributed by atoms with E-state index in [0.717, 1.165) is 17.4 Å². The topological polar surface area (TPSA) is 0 Å². The number of rotatable bonds is 0. The van der Waals surface area contributed by atoms with Gasteiger partial charge in [-0.1, -0.05) is 0 Å². The number of hydrogen-bond donors (Lipinski definition) is 1. The molecule has 0 nitrogen and oxygen atoms in total. The standard InChI is InChI=1S/C6H3Br2IS/c7-3-1-2-4(9)6(10)5(3)8/h1-2,10H. The second kappa shape index (κ2) is 3.78. The number of halogens is 3. The fourth-order valence-electron chi connectivity index (χ4n) is 0.516. The lowest BCUT2D eigenvalue weighted by atomic mass is 10.4. The SMILES string of the molecule is Sc1c(I)ccc(Br)c1Br. The monoisotopic (exact) mass is 392 g/mol. The first kappa shape index (κ1) is 9.35. The summed E-state index contributed by atoms with van der Waals surface area (Å²) in [6.07, 6.45) is 0. The maximum Gasteiger partial charge on any atom is 0.0461 e. The largest absolute Gasteiger partial charge is 0.141 e. The van der Waals surface area contributed by atoms with Crippen LogP contribution in [-0.4, -0.2) is 0 Å². The maximum atomic E-state index is 4.30. The van der Waals surface area contributed by atoms with Crippen molar-refractivity contribution >= 4 is 67.1 Å². The second-order valence-corrected chi connectivity index (χ2v) is 4.95. The van der Waals surface area contributed by atoms with Crippen molar-refractivity contribution in [1.29, 1.82) is 0 Å². The van der Waals surface area contributed by atoms with Gasteiger partial charge in [0, 0.05) is 17.4 Å². The molecule has 0 aromatic heterocycles. The van der Waals surface area contributed by atoms with Gasteiger partial charge < -0.3 is 0 Å². The van der Waals surface area contributed by atoms with Gasteiger partial charge in [0.15, 0.2) is 0 Å². The first-order valence-corrected chi connectivity index (χ1v) is 5.56. The van der Waals surface area contributed by atoms with E-state index in [-0.39, 0.29) is 0 Å². The van der Waals surface area contributed by atoms with Gasteiger partial charge >= 0.3 is 0 Å². The summed E-state index contributed by atoms with van der Waals surface area (Å²) in [6.45, 7) is 0. The molecule has 0 aliphatic rings. The van der Waals surface area contributed by atoms with Crippen LogP contribution in [0.1, 0.15) is 0 Å². The third-order valence-electron chi connectivity index (χ3n) is 1.02. The second-order valence-electron chi connectivity index (χ2n) is 1.69. The molecule has 0 fully saturated rings. The van der Waals surface area contributed by atoms with Crippen LogP contribution in [0.3, 0.4) is 0 Å². The number of hydrogen-bond acceptors (Lipinski definition) is 1. The lowest BCUT2D eigenvalue weighted by molar-refractivity contribution is 1.34. The molecular weight excluding hydrogens is 391 g/mol. The van der Waals surface area contributed by atoms with E-state index in [1.807, 2.05) is 12.1 Å². The summed E-state index contributed by atoms with van der Waals surface area (Å²) in [7, 11) is 0. The van der Waals surface area contributed by atoms with Crippen LogP contribution in [0.5, 0.6) is 0 Å². The predicted octanol–water partition coefficient (Wildman–Crippen LogP) is 4.10. The van der Waals surface area contributed by atoms with Crippen LogP contribution >= 0.6 is 67.1 Å². The molecule has 0 bridgehead atoms. The molecule has 1 aromatic rings. The lowest BCUT2D eigenvalue weighted by Crippen LogP contribution is -1.77. The van der Waals surface area contributed by atoms with Crippen LogP contribution in [0, 0.1) is 3.57 Å². The summed E-state index contributed by atoms with van der Waals surface area (Å²) in [4.78, 5) is 0.981. The van der Waals surface area contributed by atoms with E-state index in [0.29, 0.717) is 0 Å². The molecular formula is C6H3Br2IS. The minimum atomic E-state index is 0.981. The van der Waals surface area contributed by atoms with Crippen molar-refractivity contribution in [2.75, 3.05) is 0 Å². The van der Waals surface area contributed by atoms with Crippen LogP contribution in [0.4, 0.5) is 0 Å². The quantitative estimate of drug-likeness (QED) is 0.383. The molecule has 0 saturated carbocycles. The first-order valence-electron chi connectivity index (χ1n) is 2.45. The highest BCUT2D eigenvalue weighted by atomic mass is 127. The van der Waals surface area contributed by atoms with Crippen LogP contribution in [0.25, 0.3) is 0 Å². The fourth-order valence-corrected chi connectivity index (χ4v) is 2.36. The highest BCUT2D eigenvalue weighted by Crippen LogP contribution is 2.32. The summed E-state index contributed by atoms with van der Waals surface area (Å²) >= 11 is 13.3. The van der Waals surface area contributed by atoms with E-state index < -0.39 is 0 Å². The van der Waals surface area contributed by atoms with Gasteiger partial charge in [0.2, 0.25) is 0 Å². The molecule has 10 heavy (non-hydrogen) atoms. The summed E-state index contributed by atoms with van der Waals surface area (Å²) in [5.41, 5.74) is 0. The predicted molar refractivity (Wildman–Crippen MR) is 61.8 cm³/mol. The van der Waals surface area contributed by atoms with Crippen LogP contribution in [0.2, 0.25) is 0 Å². The highest BCUT2D eigenvalue weighted by Gasteiger charge is 2.02. The highest BCUT2D eigenvalue weighted by molar-refractivity contribution is 14.1. The zero-order chi connectivity index (χ0) is 7.72. The van der Waals surface area contributed by atoms with Gasteiger partial charge in [-0.15, -0.1) is 12.6 Å². The van der Waals surface area contributed by atoms with Crippen molar-refractivity contribution < 1.29 is 0 Å². The van der Waals surface area contributed by atoms with Crippen molar-refractivity contribution in [2.45, 2.75) is 4.90 Å². The summed E-state index contributed by atoms with van der Waals surface area (Å²) in [5, 5.41) is 0. The molecule has 0 radical (unpaired) electrons. The van der Waals surface area contributed by atoms with Gasteiger partial charge in [0.25, 0.3) is 0 Å². The van der Waals surface area contributed by atoms with Crippen LogP contribution in [-0.2, 0) is 0 Å². The van der Waals surface area contributed by atoms with Gasteiger partial charge in [0.1, 0.15) is 0 Å². The van der Waals surface area contributed by atoms with Crippen molar-refractivity contribution in [3.8, 4) is 0 Å². The van der Waals surface area contributed by atoms with Crippen molar-refractivity contribution in [3.63, 3.8) is 0 Å². The van der Waals surface area contributed by atoms with Gasteiger partial charge in [-0.3, -0.25) is 0 Å². The lowest BCUT2D eigenvalue weighted by Gasteiger charge is -2.01. The summed E-state index contributed by atoms with van der Waals surface area (Å²) in [5.74, 6) is 0. The van der Waals surface area contributed by atoms with Gasteiger partial charge in [-0.05, 0) is 66.6 Å². The molecule has 0 saturated heterocycles. The Morgan fingerprint density at radius 3 is 2.40 bits per heavy atom. The van der Waals surface area contributed by atoms with E-state index in [4.69, 9.17) is 0 Å². The molecule has 0 atom stereocenters. The average Bonchev–Trinajstić information content (AvgIpc) is 1.93. The molecule has 0 aliphatic carbocycles. The molecule has 0 N–H and O–H groups in total.